The number of carbonyl (C=O) groups excluding carboxylic acids is 1. The van der Waals surface area contributed by atoms with Crippen molar-refractivity contribution < 1.29 is 9.18 Å². The standard InChI is InChI=1S/C18H16BrFN4OS/c19-13-6-7-15(20)14(10-13)17-23-24-18(26-17)22-11-16(25)21-9-8-12-4-2-1-3-5-12/h1-7,10H,8-9,11H2,(H,21,25)(H,22,24). The van der Waals surface area contributed by atoms with Gasteiger partial charge < -0.3 is 10.6 Å². The summed E-state index contributed by atoms with van der Waals surface area (Å²) < 4.78 is 14.7. The maximum Gasteiger partial charge on any atom is 0.239 e. The van der Waals surface area contributed by atoms with E-state index in [4.69, 9.17) is 0 Å². The lowest BCUT2D eigenvalue weighted by atomic mass is 10.1. The fourth-order valence-corrected chi connectivity index (χ4v) is 3.39. The minimum atomic E-state index is -0.366. The van der Waals surface area contributed by atoms with Crippen LogP contribution in [0.25, 0.3) is 10.6 Å². The third kappa shape index (κ3) is 5.09. The molecule has 0 aliphatic carbocycles. The average Bonchev–Trinajstić information content (AvgIpc) is 3.12. The van der Waals surface area contributed by atoms with Crippen LogP contribution in [-0.4, -0.2) is 29.2 Å². The van der Waals surface area contributed by atoms with Crippen molar-refractivity contribution >= 4 is 38.3 Å². The lowest BCUT2D eigenvalue weighted by Gasteiger charge is -2.05. The zero-order valence-corrected chi connectivity index (χ0v) is 16.1. The molecule has 0 unspecified atom stereocenters. The number of nitrogens with one attached hydrogen (secondary N) is 2. The van der Waals surface area contributed by atoms with Gasteiger partial charge in [0, 0.05) is 16.6 Å². The van der Waals surface area contributed by atoms with Gasteiger partial charge in [-0.3, -0.25) is 4.79 Å². The van der Waals surface area contributed by atoms with Crippen molar-refractivity contribution in [3.05, 3.63) is 64.4 Å². The molecule has 1 heterocycles. The zero-order valence-electron chi connectivity index (χ0n) is 13.7. The van der Waals surface area contributed by atoms with Gasteiger partial charge >= 0.3 is 0 Å². The predicted octanol–water partition coefficient (Wildman–Crippen LogP) is 3.88. The molecule has 0 saturated heterocycles. The van der Waals surface area contributed by atoms with Gasteiger partial charge in [-0.05, 0) is 30.2 Å². The molecule has 8 heteroatoms. The fourth-order valence-electron chi connectivity index (χ4n) is 2.27. The molecule has 0 bridgehead atoms. The molecule has 0 atom stereocenters. The summed E-state index contributed by atoms with van der Waals surface area (Å²) in [6, 6.07) is 14.6. The maximum absolute atomic E-state index is 13.9. The van der Waals surface area contributed by atoms with Crippen molar-refractivity contribution in [1.82, 2.24) is 15.5 Å². The Balaban J connectivity index is 1.48. The highest BCUT2D eigenvalue weighted by molar-refractivity contribution is 9.10. The molecular formula is C18H16BrFN4OS. The molecule has 0 fully saturated rings. The number of halogens is 2. The Hall–Kier alpha value is -2.32. The van der Waals surface area contributed by atoms with Gasteiger partial charge in [0.2, 0.25) is 11.0 Å². The molecule has 0 spiro atoms. The normalized spacial score (nSPS) is 10.5. The van der Waals surface area contributed by atoms with E-state index in [0.29, 0.717) is 22.2 Å². The van der Waals surface area contributed by atoms with Crippen molar-refractivity contribution in [2.24, 2.45) is 0 Å². The van der Waals surface area contributed by atoms with Crippen molar-refractivity contribution in [1.29, 1.82) is 0 Å². The first-order valence-electron chi connectivity index (χ1n) is 7.95. The molecule has 0 aliphatic heterocycles. The van der Waals surface area contributed by atoms with Gasteiger partial charge in [0.05, 0.1) is 6.54 Å². The van der Waals surface area contributed by atoms with E-state index in [-0.39, 0.29) is 18.3 Å². The number of nitrogens with zero attached hydrogens (tertiary/aromatic N) is 2. The molecule has 2 aromatic carbocycles. The van der Waals surface area contributed by atoms with E-state index in [2.05, 4.69) is 36.8 Å². The summed E-state index contributed by atoms with van der Waals surface area (Å²) in [5.41, 5.74) is 1.54. The third-order valence-corrected chi connectivity index (χ3v) is 4.97. The van der Waals surface area contributed by atoms with Crippen molar-refractivity contribution in [2.45, 2.75) is 6.42 Å². The largest absolute Gasteiger partial charge is 0.354 e. The van der Waals surface area contributed by atoms with E-state index in [9.17, 15) is 9.18 Å². The number of amides is 1. The number of anilines is 1. The van der Waals surface area contributed by atoms with Crippen molar-refractivity contribution in [2.75, 3.05) is 18.4 Å². The van der Waals surface area contributed by atoms with Crippen LogP contribution in [0.2, 0.25) is 0 Å². The highest BCUT2D eigenvalue weighted by atomic mass is 79.9. The highest BCUT2D eigenvalue weighted by Gasteiger charge is 2.12. The van der Waals surface area contributed by atoms with Crippen LogP contribution in [0, 0.1) is 5.82 Å². The summed E-state index contributed by atoms with van der Waals surface area (Å²) in [6.45, 7) is 0.652. The number of benzene rings is 2. The van der Waals surface area contributed by atoms with Crippen LogP contribution >= 0.6 is 27.3 Å². The van der Waals surface area contributed by atoms with Crippen molar-refractivity contribution in [3.63, 3.8) is 0 Å². The zero-order chi connectivity index (χ0) is 18.4. The number of rotatable bonds is 7. The summed E-state index contributed by atoms with van der Waals surface area (Å²) in [4.78, 5) is 11.9. The first-order chi connectivity index (χ1) is 12.6. The lowest BCUT2D eigenvalue weighted by Crippen LogP contribution is -2.31. The topological polar surface area (TPSA) is 66.9 Å². The lowest BCUT2D eigenvalue weighted by molar-refractivity contribution is -0.119. The molecule has 3 rings (SSSR count). The van der Waals surface area contributed by atoms with Crippen LogP contribution in [0.3, 0.4) is 0 Å². The molecule has 134 valence electrons. The van der Waals surface area contributed by atoms with Crippen LogP contribution in [0.5, 0.6) is 0 Å². The SMILES string of the molecule is O=C(CNc1nnc(-c2cc(Br)ccc2F)s1)NCCc1ccccc1. The molecule has 2 N–H and O–H groups in total. The number of hydrogen-bond donors (Lipinski definition) is 2. The van der Waals surface area contributed by atoms with Crippen LogP contribution < -0.4 is 10.6 Å². The minimum absolute atomic E-state index is 0.0877. The Labute approximate surface area is 162 Å². The van der Waals surface area contributed by atoms with E-state index in [1.807, 2.05) is 30.3 Å². The monoisotopic (exact) mass is 434 g/mol. The molecule has 5 nitrogen and oxygen atoms in total. The minimum Gasteiger partial charge on any atom is -0.354 e. The van der Waals surface area contributed by atoms with Crippen LogP contribution in [0.1, 0.15) is 5.56 Å². The summed E-state index contributed by atoms with van der Waals surface area (Å²) in [5.74, 6) is -0.499. The van der Waals surface area contributed by atoms with E-state index in [1.165, 1.54) is 23.0 Å². The van der Waals surface area contributed by atoms with Gasteiger partial charge in [-0.25, -0.2) is 4.39 Å². The molecule has 0 aliphatic rings. The molecule has 26 heavy (non-hydrogen) atoms. The van der Waals surface area contributed by atoms with Gasteiger partial charge in [-0.2, -0.15) is 0 Å². The second kappa shape index (κ2) is 8.86. The number of hydrogen-bond acceptors (Lipinski definition) is 5. The summed E-state index contributed by atoms with van der Waals surface area (Å²) >= 11 is 4.51. The molecule has 0 saturated carbocycles. The van der Waals surface area contributed by atoms with E-state index in [1.54, 1.807) is 12.1 Å². The Morgan fingerprint density at radius 2 is 1.96 bits per heavy atom. The van der Waals surface area contributed by atoms with Crippen LogP contribution in [-0.2, 0) is 11.2 Å². The third-order valence-electron chi connectivity index (χ3n) is 3.56. The van der Waals surface area contributed by atoms with Crippen molar-refractivity contribution in [3.8, 4) is 10.6 Å². The maximum atomic E-state index is 13.9. The Morgan fingerprint density at radius 1 is 1.15 bits per heavy atom. The van der Waals surface area contributed by atoms with Gasteiger partial charge in [-0.1, -0.05) is 57.6 Å². The first kappa shape index (κ1) is 18.5. The Morgan fingerprint density at radius 3 is 2.77 bits per heavy atom. The van der Waals surface area contributed by atoms with Gasteiger partial charge in [0.1, 0.15) is 5.82 Å². The Kier molecular flexibility index (Phi) is 6.30. The summed E-state index contributed by atoms with van der Waals surface area (Å²) in [5, 5.41) is 14.6. The van der Waals surface area contributed by atoms with Gasteiger partial charge in [0.25, 0.3) is 0 Å². The highest BCUT2D eigenvalue weighted by Crippen LogP contribution is 2.30. The molecule has 3 aromatic rings. The quantitative estimate of drug-likeness (QED) is 0.591. The average molecular weight is 435 g/mol. The van der Waals surface area contributed by atoms with Crippen LogP contribution in [0.4, 0.5) is 9.52 Å². The number of carbonyl (C=O) groups is 1. The second-order valence-electron chi connectivity index (χ2n) is 5.48. The molecule has 1 amide bonds. The summed E-state index contributed by atoms with van der Waals surface area (Å²) in [7, 11) is 0. The van der Waals surface area contributed by atoms with Gasteiger partial charge in [-0.15, -0.1) is 10.2 Å². The molecule has 0 radical (unpaired) electrons. The molecular weight excluding hydrogens is 419 g/mol. The first-order valence-corrected chi connectivity index (χ1v) is 9.56. The fraction of sp³-hybridized carbons (Fsp3) is 0.167. The summed E-state index contributed by atoms with van der Waals surface area (Å²) in [6.07, 6.45) is 0.775. The predicted molar refractivity (Wildman–Crippen MR) is 105 cm³/mol. The molecule has 1 aromatic heterocycles. The number of aromatic nitrogens is 2. The van der Waals surface area contributed by atoms with E-state index < -0.39 is 0 Å². The Bertz CT molecular complexity index is 888. The smallest absolute Gasteiger partial charge is 0.239 e. The van der Waals surface area contributed by atoms with Gasteiger partial charge in [0.15, 0.2) is 5.01 Å². The second-order valence-corrected chi connectivity index (χ2v) is 7.37. The van der Waals surface area contributed by atoms with Crippen LogP contribution in [0.15, 0.2) is 53.0 Å². The van der Waals surface area contributed by atoms with E-state index in [0.717, 1.165) is 10.9 Å². The van der Waals surface area contributed by atoms with E-state index >= 15 is 0 Å².